The van der Waals surface area contributed by atoms with Gasteiger partial charge in [0.15, 0.2) is 5.82 Å². The molecule has 5 heteroatoms. The van der Waals surface area contributed by atoms with Gasteiger partial charge >= 0.3 is 5.97 Å². The Morgan fingerprint density at radius 1 is 1.44 bits per heavy atom. The number of rotatable bonds is 2. The highest BCUT2D eigenvalue weighted by Gasteiger charge is 2.19. The molecule has 1 aromatic heterocycles. The van der Waals surface area contributed by atoms with Crippen LogP contribution in [-0.2, 0) is 0 Å². The number of carboxylic acids is 1. The van der Waals surface area contributed by atoms with Crippen LogP contribution in [0.1, 0.15) is 15.9 Å². The summed E-state index contributed by atoms with van der Waals surface area (Å²) in [6.07, 6.45) is 0. The normalized spacial score (nSPS) is 10.3. The fraction of sp³-hybridized carbons (Fsp3) is 0.0909. The Kier molecular flexibility index (Phi) is 2.36. The molecule has 0 aliphatic heterocycles. The summed E-state index contributed by atoms with van der Waals surface area (Å²) in [5.74, 6) is -1.07. The van der Waals surface area contributed by atoms with E-state index in [0.29, 0.717) is 5.69 Å². The first-order valence-corrected chi connectivity index (χ1v) is 4.74. The molecule has 0 amide bonds. The Bertz CT molecular complexity index is 546. The van der Waals surface area contributed by atoms with Gasteiger partial charge < -0.3 is 10.8 Å². The molecule has 82 valence electrons. The summed E-state index contributed by atoms with van der Waals surface area (Å²) < 4.78 is 0. The first-order valence-electron chi connectivity index (χ1n) is 4.74. The van der Waals surface area contributed by atoms with Gasteiger partial charge in [-0.2, -0.15) is 5.10 Å². The van der Waals surface area contributed by atoms with Crippen LogP contribution in [0.4, 0.5) is 5.82 Å². The molecule has 1 heterocycles. The summed E-state index contributed by atoms with van der Waals surface area (Å²) in [7, 11) is 0. The number of nitrogens with one attached hydrogen (secondary N) is 1. The molecule has 0 atom stereocenters. The summed E-state index contributed by atoms with van der Waals surface area (Å²) >= 11 is 0. The average Bonchev–Trinajstić information content (AvgIpc) is 2.61. The summed E-state index contributed by atoms with van der Waals surface area (Å²) in [6, 6.07) is 7.46. The summed E-state index contributed by atoms with van der Waals surface area (Å²) in [5, 5.41) is 15.4. The molecule has 1 aromatic carbocycles. The van der Waals surface area contributed by atoms with E-state index in [1.807, 2.05) is 31.2 Å². The number of aromatic amines is 1. The summed E-state index contributed by atoms with van der Waals surface area (Å²) in [4.78, 5) is 11.0. The molecular formula is C11H11N3O2. The van der Waals surface area contributed by atoms with Crippen LogP contribution < -0.4 is 5.73 Å². The van der Waals surface area contributed by atoms with Gasteiger partial charge in [-0.05, 0) is 12.5 Å². The number of nitrogens with zero attached hydrogens (tertiary/aromatic N) is 1. The number of nitrogen functional groups attached to an aromatic ring is 1. The van der Waals surface area contributed by atoms with E-state index in [2.05, 4.69) is 10.2 Å². The molecule has 0 bridgehead atoms. The van der Waals surface area contributed by atoms with Crippen molar-refractivity contribution >= 4 is 11.8 Å². The number of H-pyrrole nitrogens is 1. The second kappa shape index (κ2) is 3.69. The van der Waals surface area contributed by atoms with Gasteiger partial charge in [0.25, 0.3) is 0 Å². The quantitative estimate of drug-likeness (QED) is 0.713. The lowest BCUT2D eigenvalue weighted by Gasteiger charge is -2.03. The van der Waals surface area contributed by atoms with E-state index in [1.54, 1.807) is 0 Å². The zero-order chi connectivity index (χ0) is 11.7. The molecular weight excluding hydrogens is 206 g/mol. The third-order valence-corrected chi connectivity index (χ3v) is 2.42. The molecule has 0 spiro atoms. The van der Waals surface area contributed by atoms with Crippen molar-refractivity contribution in [2.75, 3.05) is 5.73 Å². The SMILES string of the molecule is Cc1ccccc1-c1[nH]nc(N)c1C(=O)O. The molecule has 5 nitrogen and oxygen atoms in total. The van der Waals surface area contributed by atoms with Crippen molar-refractivity contribution in [1.29, 1.82) is 0 Å². The number of aromatic carboxylic acids is 1. The number of carboxylic acid groups (broad SMARTS) is 1. The Labute approximate surface area is 91.9 Å². The number of nitrogens with two attached hydrogens (primary N) is 1. The van der Waals surface area contributed by atoms with Gasteiger partial charge in [-0.3, -0.25) is 5.10 Å². The van der Waals surface area contributed by atoms with Crippen LogP contribution in [0.15, 0.2) is 24.3 Å². The maximum absolute atomic E-state index is 11.0. The summed E-state index contributed by atoms with van der Waals surface area (Å²) in [5.41, 5.74) is 7.74. The van der Waals surface area contributed by atoms with Crippen LogP contribution in [-0.4, -0.2) is 21.3 Å². The number of hydrogen-bond acceptors (Lipinski definition) is 3. The van der Waals surface area contributed by atoms with E-state index in [4.69, 9.17) is 10.8 Å². The van der Waals surface area contributed by atoms with Crippen LogP contribution in [0, 0.1) is 6.92 Å². The lowest BCUT2D eigenvalue weighted by Crippen LogP contribution is -2.02. The highest BCUT2D eigenvalue weighted by molar-refractivity contribution is 5.99. The number of carbonyl (C=O) groups is 1. The molecule has 0 saturated carbocycles. The van der Waals surface area contributed by atoms with Gasteiger partial charge in [0.2, 0.25) is 0 Å². The molecule has 16 heavy (non-hydrogen) atoms. The fourth-order valence-corrected chi connectivity index (χ4v) is 1.62. The highest BCUT2D eigenvalue weighted by Crippen LogP contribution is 2.27. The van der Waals surface area contributed by atoms with E-state index in [-0.39, 0.29) is 11.4 Å². The second-order valence-electron chi connectivity index (χ2n) is 3.48. The van der Waals surface area contributed by atoms with Crippen molar-refractivity contribution in [2.24, 2.45) is 0 Å². The smallest absolute Gasteiger partial charge is 0.341 e. The van der Waals surface area contributed by atoms with Crippen LogP contribution in [0.5, 0.6) is 0 Å². The third-order valence-electron chi connectivity index (χ3n) is 2.42. The van der Waals surface area contributed by atoms with Crippen LogP contribution in [0.25, 0.3) is 11.3 Å². The molecule has 0 radical (unpaired) electrons. The fourth-order valence-electron chi connectivity index (χ4n) is 1.62. The van der Waals surface area contributed by atoms with Gasteiger partial charge in [-0.15, -0.1) is 0 Å². The number of hydrogen-bond donors (Lipinski definition) is 3. The third kappa shape index (κ3) is 1.52. The first-order chi connectivity index (χ1) is 7.61. The Balaban J connectivity index is 2.66. The number of aryl methyl sites for hydroxylation is 1. The van der Waals surface area contributed by atoms with Crippen molar-refractivity contribution in [3.8, 4) is 11.3 Å². The van der Waals surface area contributed by atoms with Crippen molar-refractivity contribution in [3.05, 3.63) is 35.4 Å². The zero-order valence-corrected chi connectivity index (χ0v) is 8.69. The van der Waals surface area contributed by atoms with E-state index in [9.17, 15) is 4.79 Å². The van der Waals surface area contributed by atoms with Crippen LogP contribution in [0.2, 0.25) is 0 Å². The average molecular weight is 217 g/mol. The van der Waals surface area contributed by atoms with E-state index < -0.39 is 5.97 Å². The minimum Gasteiger partial charge on any atom is -0.477 e. The summed E-state index contributed by atoms with van der Waals surface area (Å²) in [6.45, 7) is 1.90. The molecule has 0 aliphatic rings. The molecule has 0 unspecified atom stereocenters. The lowest BCUT2D eigenvalue weighted by atomic mass is 10.0. The minimum absolute atomic E-state index is 0.00533. The number of aromatic nitrogens is 2. The number of benzene rings is 1. The lowest BCUT2D eigenvalue weighted by molar-refractivity contribution is 0.0699. The standard InChI is InChI=1S/C11H11N3O2/c1-6-4-2-3-5-7(6)9-8(11(15)16)10(12)14-13-9/h2-5H,1H3,(H,15,16)(H3,12,13,14). The van der Waals surface area contributed by atoms with Crippen molar-refractivity contribution in [3.63, 3.8) is 0 Å². The maximum Gasteiger partial charge on any atom is 0.341 e. The van der Waals surface area contributed by atoms with Gasteiger partial charge in [-0.1, -0.05) is 24.3 Å². The molecule has 0 saturated heterocycles. The monoisotopic (exact) mass is 217 g/mol. The van der Waals surface area contributed by atoms with Crippen LogP contribution in [0.3, 0.4) is 0 Å². The number of anilines is 1. The van der Waals surface area contributed by atoms with E-state index in [1.165, 1.54) is 0 Å². The molecule has 0 aliphatic carbocycles. The van der Waals surface area contributed by atoms with Crippen molar-refractivity contribution < 1.29 is 9.90 Å². The predicted molar refractivity (Wildman–Crippen MR) is 60.1 cm³/mol. The first kappa shape index (κ1) is 10.2. The van der Waals surface area contributed by atoms with Crippen molar-refractivity contribution in [2.45, 2.75) is 6.92 Å². The largest absolute Gasteiger partial charge is 0.477 e. The topological polar surface area (TPSA) is 92.0 Å². The Hall–Kier alpha value is -2.30. The van der Waals surface area contributed by atoms with Gasteiger partial charge in [-0.25, -0.2) is 4.79 Å². The Morgan fingerprint density at radius 2 is 2.12 bits per heavy atom. The molecule has 2 aromatic rings. The molecule has 0 fully saturated rings. The van der Waals surface area contributed by atoms with Crippen LogP contribution >= 0.6 is 0 Å². The molecule has 4 N–H and O–H groups in total. The van der Waals surface area contributed by atoms with E-state index >= 15 is 0 Å². The van der Waals surface area contributed by atoms with Gasteiger partial charge in [0.05, 0.1) is 5.69 Å². The van der Waals surface area contributed by atoms with Gasteiger partial charge in [0.1, 0.15) is 5.56 Å². The highest BCUT2D eigenvalue weighted by atomic mass is 16.4. The molecule has 2 rings (SSSR count). The van der Waals surface area contributed by atoms with E-state index in [0.717, 1.165) is 11.1 Å². The van der Waals surface area contributed by atoms with Gasteiger partial charge in [0, 0.05) is 5.56 Å². The Morgan fingerprint density at radius 3 is 2.75 bits per heavy atom. The second-order valence-corrected chi connectivity index (χ2v) is 3.48. The minimum atomic E-state index is -1.08. The predicted octanol–water partition coefficient (Wildman–Crippen LogP) is 1.67. The zero-order valence-electron chi connectivity index (χ0n) is 8.69. The maximum atomic E-state index is 11.0. The van der Waals surface area contributed by atoms with Crippen molar-refractivity contribution in [1.82, 2.24) is 10.2 Å².